The molecular formula is C10H14N+. The van der Waals surface area contributed by atoms with Crippen molar-refractivity contribution < 1.29 is 5.73 Å². The van der Waals surface area contributed by atoms with Crippen LogP contribution in [-0.2, 0) is 5.54 Å². The molecule has 2 rings (SSSR count). The fraction of sp³-hybridized carbons (Fsp3) is 0.400. The van der Waals surface area contributed by atoms with Crippen molar-refractivity contribution in [3.63, 3.8) is 0 Å². The van der Waals surface area contributed by atoms with Gasteiger partial charge in [0.2, 0.25) is 0 Å². The maximum atomic E-state index is 4.25. The van der Waals surface area contributed by atoms with Gasteiger partial charge in [0, 0.05) is 18.4 Å². The van der Waals surface area contributed by atoms with E-state index in [0.717, 1.165) is 0 Å². The Bertz CT molecular complexity index is 236. The molecule has 0 amide bonds. The van der Waals surface area contributed by atoms with Crippen molar-refractivity contribution in [2.45, 2.75) is 24.8 Å². The zero-order valence-corrected chi connectivity index (χ0v) is 6.72. The largest absolute Gasteiger partial charge is 0.349 e. The lowest BCUT2D eigenvalue weighted by Crippen LogP contribution is -2.73. The third-order valence-corrected chi connectivity index (χ3v) is 2.70. The number of hydrogen-bond acceptors (Lipinski definition) is 0. The summed E-state index contributed by atoms with van der Waals surface area (Å²) in [5, 5.41) is 0. The Morgan fingerprint density at radius 1 is 1.09 bits per heavy atom. The van der Waals surface area contributed by atoms with Crippen molar-refractivity contribution in [1.82, 2.24) is 0 Å². The first-order valence-corrected chi connectivity index (χ1v) is 4.22. The predicted molar refractivity (Wildman–Crippen MR) is 44.9 cm³/mol. The van der Waals surface area contributed by atoms with E-state index in [4.69, 9.17) is 0 Å². The fourth-order valence-corrected chi connectivity index (χ4v) is 1.68. The summed E-state index contributed by atoms with van der Waals surface area (Å²) in [7, 11) is 0. The molecule has 0 bridgehead atoms. The molecular weight excluding hydrogens is 134 g/mol. The molecule has 1 aliphatic rings. The molecule has 58 valence electrons. The van der Waals surface area contributed by atoms with Crippen LogP contribution < -0.4 is 5.73 Å². The second-order valence-corrected chi connectivity index (χ2v) is 3.50. The molecule has 1 nitrogen and oxygen atoms in total. The lowest BCUT2D eigenvalue weighted by molar-refractivity contribution is -0.509. The first-order valence-electron chi connectivity index (χ1n) is 4.22. The Morgan fingerprint density at radius 2 is 1.73 bits per heavy atom. The molecule has 0 saturated heterocycles. The molecule has 11 heavy (non-hydrogen) atoms. The summed E-state index contributed by atoms with van der Waals surface area (Å²) in [6, 6.07) is 10.6. The molecule has 0 spiro atoms. The zero-order valence-electron chi connectivity index (χ0n) is 6.72. The number of rotatable bonds is 1. The summed E-state index contributed by atoms with van der Waals surface area (Å²) < 4.78 is 0. The predicted octanol–water partition coefficient (Wildman–Crippen LogP) is 1.31. The van der Waals surface area contributed by atoms with Crippen LogP contribution in [-0.4, -0.2) is 0 Å². The third kappa shape index (κ3) is 1.05. The van der Waals surface area contributed by atoms with Crippen molar-refractivity contribution in [3.05, 3.63) is 35.9 Å². The standard InChI is InChI=1S/C10H13N/c11-10(7-4-8-10)9-5-2-1-3-6-9/h1-3,5-6H,4,7-8,11H2/p+1. The second-order valence-electron chi connectivity index (χ2n) is 3.50. The molecule has 0 heterocycles. The normalized spacial score (nSPS) is 20.8. The van der Waals surface area contributed by atoms with E-state index in [-0.39, 0.29) is 5.54 Å². The van der Waals surface area contributed by atoms with Gasteiger partial charge in [0.15, 0.2) is 0 Å². The van der Waals surface area contributed by atoms with Gasteiger partial charge in [0.05, 0.1) is 0 Å². The summed E-state index contributed by atoms with van der Waals surface area (Å²) in [6.45, 7) is 0. The van der Waals surface area contributed by atoms with Gasteiger partial charge in [-0.3, -0.25) is 0 Å². The molecule has 1 fully saturated rings. The fourth-order valence-electron chi connectivity index (χ4n) is 1.68. The minimum absolute atomic E-state index is 0.265. The van der Waals surface area contributed by atoms with Gasteiger partial charge in [-0.05, 0) is 6.42 Å². The van der Waals surface area contributed by atoms with Gasteiger partial charge in [-0.15, -0.1) is 0 Å². The third-order valence-electron chi connectivity index (χ3n) is 2.70. The maximum absolute atomic E-state index is 4.25. The highest BCUT2D eigenvalue weighted by Gasteiger charge is 2.38. The van der Waals surface area contributed by atoms with E-state index in [2.05, 4.69) is 36.1 Å². The zero-order chi connectivity index (χ0) is 7.73. The van der Waals surface area contributed by atoms with Crippen molar-refractivity contribution in [2.75, 3.05) is 0 Å². The van der Waals surface area contributed by atoms with E-state index in [1.807, 2.05) is 0 Å². The van der Waals surface area contributed by atoms with E-state index < -0.39 is 0 Å². The lowest BCUT2D eigenvalue weighted by atomic mass is 9.73. The first-order chi connectivity index (χ1) is 5.31. The van der Waals surface area contributed by atoms with Gasteiger partial charge in [-0.25, -0.2) is 0 Å². The second kappa shape index (κ2) is 2.35. The Balaban J connectivity index is 2.29. The van der Waals surface area contributed by atoms with E-state index in [0.29, 0.717) is 0 Å². The minimum atomic E-state index is 0.265. The minimum Gasteiger partial charge on any atom is -0.349 e. The van der Waals surface area contributed by atoms with E-state index >= 15 is 0 Å². The van der Waals surface area contributed by atoms with Crippen molar-refractivity contribution in [2.24, 2.45) is 0 Å². The van der Waals surface area contributed by atoms with Gasteiger partial charge in [-0.2, -0.15) is 0 Å². The average molecular weight is 148 g/mol. The lowest BCUT2D eigenvalue weighted by Gasteiger charge is -2.34. The molecule has 0 aromatic heterocycles. The number of quaternary nitrogens is 1. The van der Waals surface area contributed by atoms with Crippen LogP contribution in [0, 0.1) is 0 Å². The SMILES string of the molecule is [NH3+]C1(c2ccccc2)CCC1. The summed E-state index contributed by atoms with van der Waals surface area (Å²) in [5.41, 5.74) is 5.92. The van der Waals surface area contributed by atoms with Crippen LogP contribution in [0.15, 0.2) is 30.3 Å². The summed E-state index contributed by atoms with van der Waals surface area (Å²) in [4.78, 5) is 0. The highest BCUT2D eigenvalue weighted by Crippen LogP contribution is 2.36. The first kappa shape index (κ1) is 6.86. The molecule has 1 saturated carbocycles. The van der Waals surface area contributed by atoms with Crippen LogP contribution in [0.4, 0.5) is 0 Å². The number of hydrogen-bond donors (Lipinski definition) is 1. The highest BCUT2D eigenvalue weighted by molar-refractivity contribution is 5.23. The van der Waals surface area contributed by atoms with Crippen LogP contribution >= 0.6 is 0 Å². The van der Waals surface area contributed by atoms with E-state index in [1.54, 1.807) is 0 Å². The monoisotopic (exact) mass is 148 g/mol. The molecule has 3 N–H and O–H groups in total. The van der Waals surface area contributed by atoms with Crippen molar-refractivity contribution in [3.8, 4) is 0 Å². The summed E-state index contributed by atoms with van der Waals surface area (Å²) >= 11 is 0. The summed E-state index contributed by atoms with van der Waals surface area (Å²) in [5.74, 6) is 0. The quantitative estimate of drug-likeness (QED) is 0.622. The molecule has 1 aliphatic carbocycles. The summed E-state index contributed by atoms with van der Waals surface area (Å²) in [6.07, 6.45) is 3.87. The van der Waals surface area contributed by atoms with E-state index in [9.17, 15) is 0 Å². The molecule has 1 aromatic rings. The van der Waals surface area contributed by atoms with Crippen LogP contribution in [0.1, 0.15) is 24.8 Å². The van der Waals surface area contributed by atoms with Crippen LogP contribution in [0.2, 0.25) is 0 Å². The maximum Gasteiger partial charge on any atom is 0.120 e. The molecule has 1 heteroatoms. The van der Waals surface area contributed by atoms with Gasteiger partial charge in [0.25, 0.3) is 0 Å². The molecule has 0 atom stereocenters. The van der Waals surface area contributed by atoms with Gasteiger partial charge < -0.3 is 5.73 Å². The highest BCUT2D eigenvalue weighted by atomic mass is 14.8. The molecule has 0 aliphatic heterocycles. The smallest absolute Gasteiger partial charge is 0.120 e. The topological polar surface area (TPSA) is 27.6 Å². The van der Waals surface area contributed by atoms with E-state index in [1.165, 1.54) is 24.8 Å². The Kier molecular flexibility index (Phi) is 1.46. The Hall–Kier alpha value is -0.820. The number of benzene rings is 1. The Labute approximate surface area is 67.2 Å². The Morgan fingerprint density at radius 3 is 2.18 bits per heavy atom. The average Bonchev–Trinajstić information content (AvgIpc) is 2.02. The van der Waals surface area contributed by atoms with Crippen LogP contribution in [0.25, 0.3) is 0 Å². The molecule has 0 unspecified atom stereocenters. The molecule has 1 aromatic carbocycles. The van der Waals surface area contributed by atoms with Gasteiger partial charge in [0.1, 0.15) is 5.54 Å². The van der Waals surface area contributed by atoms with Crippen molar-refractivity contribution in [1.29, 1.82) is 0 Å². The van der Waals surface area contributed by atoms with Gasteiger partial charge in [-0.1, -0.05) is 30.3 Å². The van der Waals surface area contributed by atoms with Gasteiger partial charge >= 0.3 is 0 Å². The molecule has 0 radical (unpaired) electrons. The van der Waals surface area contributed by atoms with Crippen LogP contribution in [0.3, 0.4) is 0 Å². The van der Waals surface area contributed by atoms with Crippen LogP contribution in [0.5, 0.6) is 0 Å². The van der Waals surface area contributed by atoms with Crippen molar-refractivity contribution >= 4 is 0 Å².